The molecule has 1 aromatic heterocycles. The fraction of sp³-hybridized carbons (Fsp3) is 0.583. The number of carbonyl (C=O) groups is 4. The van der Waals surface area contributed by atoms with Gasteiger partial charge in [-0.05, 0) is 76.5 Å². The molecular formula is C36H46F3N5O9S. The third-order valence-corrected chi connectivity index (χ3v) is 12.4. The van der Waals surface area contributed by atoms with Crippen molar-refractivity contribution in [2.24, 2.45) is 11.8 Å². The lowest BCUT2D eigenvalue weighted by atomic mass is 10.0. The van der Waals surface area contributed by atoms with Gasteiger partial charge in [0.05, 0.1) is 18.4 Å². The van der Waals surface area contributed by atoms with Crippen LogP contribution in [-0.4, -0.2) is 96.3 Å². The molecule has 54 heavy (non-hydrogen) atoms. The fourth-order valence-corrected chi connectivity index (χ4v) is 7.67. The maximum absolute atomic E-state index is 14.8. The highest BCUT2D eigenvalue weighted by Gasteiger charge is 2.63. The van der Waals surface area contributed by atoms with Crippen LogP contribution < -0.4 is 24.8 Å². The average Bonchev–Trinajstić information content (AvgIpc) is 3.96. The molecule has 4 amide bonds. The summed E-state index contributed by atoms with van der Waals surface area (Å²) in [6.07, 6.45) is 0.176. The van der Waals surface area contributed by atoms with Crippen molar-refractivity contribution in [1.29, 1.82) is 0 Å². The summed E-state index contributed by atoms with van der Waals surface area (Å²) in [7, 11) is -2.75. The molecule has 18 heteroatoms. The number of nitrogens with one attached hydrogen (secondary N) is 3. The summed E-state index contributed by atoms with van der Waals surface area (Å²) in [4.78, 5) is 60.4. The predicted molar refractivity (Wildman–Crippen MR) is 190 cm³/mol. The van der Waals surface area contributed by atoms with Crippen LogP contribution in [0.2, 0.25) is 0 Å². The number of methoxy groups -OCH3 is 1. The van der Waals surface area contributed by atoms with Gasteiger partial charge >= 0.3 is 6.09 Å². The number of alkyl halides is 2. The maximum atomic E-state index is 14.8. The SMILES string of the molecule is CC=CC1CC1(NC(=O)C1CC(Oc2nccc3cc(OC)c(F)cc23)CN1C(=O)C(NC(=O)OC(C)(C)C(F)F)C(C)C)C(=O)NS(=O)(=O)C1(C)CC1. The van der Waals surface area contributed by atoms with Gasteiger partial charge in [-0.1, -0.05) is 26.0 Å². The molecule has 3 aliphatic rings. The molecule has 2 aliphatic carbocycles. The Bertz CT molecular complexity index is 1960. The van der Waals surface area contributed by atoms with Crippen LogP contribution in [0.25, 0.3) is 10.8 Å². The number of ether oxygens (including phenoxy) is 3. The van der Waals surface area contributed by atoms with Crippen molar-refractivity contribution in [3.8, 4) is 11.6 Å². The Hall–Kier alpha value is -4.61. The molecular weight excluding hydrogens is 735 g/mol. The largest absolute Gasteiger partial charge is 0.494 e. The minimum absolute atomic E-state index is 0.00572. The smallest absolute Gasteiger partial charge is 0.408 e. The molecule has 14 nitrogen and oxygen atoms in total. The summed E-state index contributed by atoms with van der Waals surface area (Å²) in [6, 6.07) is 1.55. The molecule has 5 atom stereocenters. The zero-order valence-electron chi connectivity index (χ0n) is 31.1. The van der Waals surface area contributed by atoms with Gasteiger partial charge in [-0.3, -0.25) is 19.1 Å². The summed E-state index contributed by atoms with van der Waals surface area (Å²) in [6.45, 7) is 8.18. The molecule has 5 rings (SSSR count). The quantitative estimate of drug-likeness (QED) is 0.237. The average molecular weight is 782 g/mol. The number of amides is 4. The van der Waals surface area contributed by atoms with Gasteiger partial charge in [0.15, 0.2) is 17.2 Å². The van der Waals surface area contributed by atoms with Crippen molar-refractivity contribution >= 4 is 44.6 Å². The lowest BCUT2D eigenvalue weighted by Crippen LogP contribution is -2.59. The van der Waals surface area contributed by atoms with Crippen molar-refractivity contribution in [1.82, 2.24) is 25.2 Å². The fourth-order valence-electron chi connectivity index (χ4n) is 6.36. The van der Waals surface area contributed by atoms with Crippen LogP contribution in [0.5, 0.6) is 11.6 Å². The standard InChI is InChI=1S/C36H46F3N5O9S/c1-8-9-21-17-36(21,32(47)43-54(49,50)35(6)11-12-35)42-28(45)25-15-22(52-29-23-16-24(37)26(51-7)14-20(23)10-13-40-29)18-44(25)30(46)27(19(2)3)41-33(48)53-34(4,5)31(38)39/h8-10,13-14,16,19,21-22,25,27,31H,11-12,15,17-18H2,1-7H3,(H,41,48)(H,42,45)(H,43,47). The second-order valence-corrected chi connectivity index (χ2v) is 17.3. The molecule has 5 unspecified atom stereocenters. The summed E-state index contributed by atoms with van der Waals surface area (Å²) < 4.78 is 85.0. The molecule has 0 radical (unpaired) electrons. The number of carbonyl (C=O) groups excluding carboxylic acids is 4. The number of likely N-dealkylation sites (tertiary alicyclic amines) is 1. The van der Waals surface area contributed by atoms with Crippen molar-refractivity contribution in [2.75, 3.05) is 13.7 Å². The lowest BCUT2D eigenvalue weighted by molar-refractivity contribution is -0.142. The number of nitrogens with zero attached hydrogens (tertiary/aromatic N) is 2. The summed E-state index contributed by atoms with van der Waals surface area (Å²) >= 11 is 0. The Kier molecular flexibility index (Phi) is 11.2. The third kappa shape index (κ3) is 8.07. The number of benzene rings is 1. The van der Waals surface area contributed by atoms with E-state index in [0.29, 0.717) is 18.2 Å². The maximum Gasteiger partial charge on any atom is 0.408 e. The van der Waals surface area contributed by atoms with E-state index < -0.39 is 92.0 Å². The number of aromatic nitrogens is 1. The van der Waals surface area contributed by atoms with E-state index in [9.17, 15) is 40.8 Å². The van der Waals surface area contributed by atoms with E-state index >= 15 is 0 Å². The molecule has 1 saturated heterocycles. The van der Waals surface area contributed by atoms with E-state index in [2.05, 4.69) is 20.3 Å². The Balaban J connectivity index is 1.45. The highest BCUT2D eigenvalue weighted by atomic mass is 32.2. The molecule has 3 N–H and O–H groups in total. The van der Waals surface area contributed by atoms with E-state index in [-0.39, 0.29) is 36.4 Å². The number of allylic oxidation sites excluding steroid dienone is 1. The van der Waals surface area contributed by atoms with E-state index in [1.54, 1.807) is 39.0 Å². The molecule has 1 aromatic carbocycles. The number of pyridine rings is 1. The Morgan fingerprint density at radius 2 is 1.83 bits per heavy atom. The third-order valence-electron chi connectivity index (χ3n) is 10.2. The van der Waals surface area contributed by atoms with Gasteiger partial charge in [-0.15, -0.1) is 0 Å². The minimum atomic E-state index is -4.07. The number of rotatable bonds is 14. The lowest BCUT2D eigenvalue weighted by Gasteiger charge is -2.32. The van der Waals surface area contributed by atoms with Gasteiger partial charge < -0.3 is 29.7 Å². The van der Waals surface area contributed by atoms with Crippen molar-refractivity contribution in [3.05, 3.63) is 42.4 Å². The van der Waals surface area contributed by atoms with Crippen LogP contribution in [0.1, 0.15) is 67.2 Å². The zero-order valence-corrected chi connectivity index (χ0v) is 31.9. The first-order chi connectivity index (χ1) is 25.2. The van der Waals surface area contributed by atoms with Crippen molar-refractivity contribution in [2.45, 2.75) is 108 Å². The number of fused-ring (bicyclic) bond motifs is 1. The van der Waals surface area contributed by atoms with Gasteiger partial charge in [0, 0.05) is 23.9 Å². The zero-order chi connectivity index (χ0) is 40.0. The normalized spacial score (nSPS) is 24.0. The van der Waals surface area contributed by atoms with Crippen LogP contribution in [0, 0.1) is 17.7 Å². The molecule has 2 heterocycles. The summed E-state index contributed by atoms with van der Waals surface area (Å²) in [5, 5.41) is 5.88. The van der Waals surface area contributed by atoms with E-state index in [1.807, 2.05) is 0 Å². The highest BCUT2D eigenvalue weighted by Crippen LogP contribution is 2.47. The Labute approximate surface area is 311 Å². The molecule has 0 bridgehead atoms. The summed E-state index contributed by atoms with van der Waals surface area (Å²) in [5.41, 5.74) is -3.82. The topological polar surface area (TPSA) is 182 Å². The van der Waals surface area contributed by atoms with Gasteiger partial charge in [0.2, 0.25) is 27.7 Å². The van der Waals surface area contributed by atoms with Crippen LogP contribution >= 0.6 is 0 Å². The van der Waals surface area contributed by atoms with Gasteiger partial charge in [0.1, 0.15) is 23.7 Å². The molecule has 0 spiro atoms. The molecule has 1 aliphatic heterocycles. The van der Waals surface area contributed by atoms with Crippen LogP contribution in [-0.2, 0) is 29.1 Å². The first kappa shape index (κ1) is 40.6. The molecule has 3 fully saturated rings. The van der Waals surface area contributed by atoms with E-state index in [1.165, 1.54) is 32.4 Å². The van der Waals surface area contributed by atoms with Gasteiger partial charge in [-0.2, -0.15) is 0 Å². The number of alkyl carbamates (subject to hydrolysis) is 1. The second-order valence-electron chi connectivity index (χ2n) is 15.1. The van der Waals surface area contributed by atoms with Gasteiger partial charge in [0.25, 0.3) is 12.3 Å². The number of halogens is 3. The number of sulfonamides is 1. The molecule has 2 aromatic rings. The first-order valence-corrected chi connectivity index (χ1v) is 19.1. The minimum Gasteiger partial charge on any atom is -0.494 e. The van der Waals surface area contributed by atoms with E-state index in [4.69, 9.17) is 14.2 Å². The highest BCUT2D eigenvalue weighted by molar-refractivity contribution is 7.91. The van der Waals surface area contributed by atoms with Crippen LogP contribution in [0.4, 0.5) is 18.0 Å². The number of hydrogen-bond acceptors (Lipinski definition) is 10. The van der Waals surface area contributed by atoms with Crippen molar-refractivity contribution in [3.63, 3.8) is 0 Å². The second kappa shape index (κ2) is 14.9. The van der Waals surface area contributed by atoms with Crippen LogP contribution in [0.15, 0.2) is 36.5 Å². The van der Waals surface area contributed by atoms with Gasteiger partial charge in [-0.25, -0.2) is 31.4 Å². The number of hydrogen-bond donors (Lipinski definition) is 3. The predicted octanol–water partition coefficient (Wildman–Crippen LogP) is 3.97. The van der Waals surface area contributed by atoms with Crippen molar-refractivity contribution < 1.29 is 55.0 Å². The van der Waals surface area contributed by atoms with Crippen LogP contribution in [0.3, 0.4) is 0 Å². The summed E-state index contributed by atoms with van der Waals surface area (Å²) in [5.74, 6) is -4.40. The first-order valence-electron chi connectivity index (χ1n) is 17.6. The Morgan fingerprint density at radius 1 is 1.15 bits per heavy atom. The monoisotopic (exact) mass is 781 g/mol. The molecule has 2 saturated carbocycles. The molecule has 296 valence electrons. The Morgan fingerprint density at radius 3 is 2.43 bits per heavy atom. The van der Waals surface area contributed by atoms with E-state index in [0.717, 1.165) is 18.7 Å².